The first-order chi connectivity index (χ1) is 17.1. The molecule has 0 saturated carbocycles. The number of carbonyl (C=O) groups excluding carboxylic acids is 2. The molecule has 7 nitrogen and oxygen atoms in total. The summed E-state index contributed by atoms with van der Waals surface area (Å²) in [6, 6.07) is 8.13. The zero-order chi connectivity index (χ0) is 26.3. The fourth-order valence-electron chi connectivity index (χ4n) is 4.22. The van der Waals surface area contributed by atoms with Crippen LogP contribution < -0.4 is 14.4 Å². The number of carboxylic acids is 1. The molecule has 1 atom stereocenters. The number of ether oxygens (including phenoxy) is 2. The molecule has 1 heterocycles. The summed E-state index contributed by atoms with van der Waals surface area (Å²) in [6.07, 6.45) is 0.121. The third kappa shape index (κ3) is 4.08. The third-order valence-electron chi connectivity index (χ3n) is 5.69. The van der Waals surface area contributed by atoms with Gasteiger partial charge in [0, 0.05) is 10.8 Å². The Balaban J connectivity index is 1.94. The number of carbonyl (C=O) groups is 3. The molecule has 0 saturated heterocycles. The summed E-state index contributed by atoms with van der Waals surface area (Å²) in [4.78, 5) is 38.3. The Morgan fingerprint density at radius 1 is 0.917 bits per heavy atom. The highest BCUT2D eigenvalue weighted by Gasteiger charge is 2.45. The van der Waals surface area contributed by atoms with Crippen LogP contribution in [-0.2, 0) is 4.79 Å². The van der Waals surface area contributed by atoms with Gasteiger partial charge in [-0.25, -0.2) is 9.29 Å². The van der Waals surface area contributed by atoms with Crippen LogP contribution in [0.3, 0.4) is 0 Å². The van der Waals surface area contributed by atoms with Gasteiger partial charge in [0.25, 0.3) is 11.8 Å². The van der Waals surface area contributed by atoms with E-state index in [-0.39, 0.29) is 27.7 Å². The van der Waals surface area contributed by atoms with Crippen molar-refractivity contribution in [2.45, 2.75) is 32.5 Å². The maximum atomic E-state index is 15.1. The number of fused-ring (bicyclic) bond motifs is 2. The molecule has 0 fully saturated rings. The van der Waals surface area contributed by atoms with Crippen molar-refractivity contribution in [3.63, 3.8) is 0 Å². The lowest BCUT2D eigenvalue weighted by atomic mass is 9.96. The number of nitrogens with zero attached hydrogens (tertiary/aromatic N) is 1. The summed E-state index contributed by atoms with van der Waals surface area (Å²) in [5.41, 5.74) is -2.18. The molecule has 2 amide bonds. The summed E-state index contributed by atoms with van der Waals surface area (Å²) in [7, 11) is 0. The van der Waals surface area contributed by atoms with Gasteiger partial charge in [0.05, 0.1) is 22.7 Å². The Hall–Kier alpha value is -4.22. The van der Waals surface area contributed by atoms with Gasteiger partial charge in [-0.2, -0.15) is 17.6 Å². The smallest absolute Gasteiger partial charge is 0.387 e. The van der Waals surface area contributed by atoms with Crippen LogP contribution in [0.5, 0.6) is 11.5 Å². The maximum absolute atomic E-state index is 15.1. The lowest BCUT2D eigenvalue weighted by Gasteiger charge is -2.17. The molecule has 3 aromatic carbocycles. The first-order valence-corrected chi connectivity index (χ1v) is 10.5. The minimum absolute atomic E-state index is 0.0528. The van der Waals surface area contributed by atoms with E-state index in [9.17, 15) is 37.1 Å². The van der Waals surface area contributed by atoms with E-state index in [0.717, 1.165) is 12.1 Å². The second kappa shape index (κ2) is 9.44. The summed E-state index contributed by atoms with van der Waals surface area (Å²) < 4.78 is 77.2. The predicted molar refractivity (Wildman–Crippen MR) is 115 cm³/mol. The number of halogens is 5. The second-order valence-electron chi connectivity index (χ2n) is 7.67. The van der Waals surface area contributed by atoms with E-state index >= 15 is 4.39 Å². The van der Waals surface area contributed by atoms with E-state index < -0.39 is 71.1 Å². The van der Waals surface area contributed by atoms with E-state index in [0.29, 0.717) is 0 Å². The monoisotopic (exact) mass is 509 g/mol. The highest BCUT2D eigenvalue weighted by molar-refractivity contribution is 6.38. The molecule has 0 aromatic heterocycles. The van der Waals surface area contributed by atoms with Gasteiger partial charge >= 0.3 is 19.2 Å². The number of benzene rings is 3. The Labute approximate surface area is 199 Å². The SMILES string of the molecule is CCC(C(=O)O)c1ccc(N2C(=O)c3c(c(OC(F)F)c4ccccc4c3OC(F)F)C2=O)c(F)c1. The molecule has 36 heavy (non-hydrogen) atoms. The van der Waals surface area contributed by atoms with E-state index in [1.54, 1.807) is 6.92 Å². The molecule has 188 valence electrons. The highest BCUT2D eigenvalue weighted by Crippen LogP contribution is 2.47. The zero-order valence-electron chi connectivity index (χ0n) is 18.3. The molecule has 1 aliphatic heterocycles. The number of anilines is 1. The number of amides is 2. The summed E-state index contributed by atoms with van der Waals surface area (Å²) in [6.45, 7) is -5.34. The molecule has 0 bridgehead atoms. The lowest BCUT2D eigenvalue weighted by molar-refractivity contribution is -0.138. The Kier molecular flexibility index (Phi) is 6.53. The Morgan fingerprint density at radius 3 is 1.81 bits per heavy atom. The molecule has 1 aliphatic rings. The molecule has 4 rings (SSSR count). The number of carboxylic acid groups (broad SMARTS) is 1. The Bertz CT molecular complexity index is 1320. The van der Waals surface area contributed by atoms with Crippen molar-refractivity contribution in [3.8, 4) is 11.5 Å². The summed E-state index contributed by atoms with van der Waals surface area (Å²) in [5.74, 6) is -7.60. The number of rotatable bonds is 8. The van der Waals surface area contributed by atoms with Gasteiger partial charge in [0.15, 0.2) is 0 Å². The van der Waals surface area contributed by atoms with Gasteiger partial charge in [-0.3, -0.25) is 14.4 Å². The molecular weight excluding hydrogens is 493 g/mol. The standard InChI is InChI=1S/C24H16F5NO6/c1-2-11(22(33)34)10-7-8-15(14(25)9-10)30-20(31)16-17(21(30)32)19(36-24(28)29)13-6-4-3-5-12(13)18(16)35-23(26)27/h3-9,11,23-24H,2H2,1H3,(H,33,34). The van der Waals surface area contributed by atoms with Crippen LogP contribution in [0.1, 0.15) is 45.5 Å². The molecule has 0 aliphatic carbocycles. The first kappa shape index (κ1) is 24.9. The van der Waals surface area contributed by atoms with E-state index in [2.05, 4.69) is 9.47 Å². The minimum atomic E-state index is -3.45. The van der Waals surface area contributed by atoms with Crippen molar-refractivity contribution in [1.82, 2.24) is 0 Å². The average molecular weight is 509 g/mol. The number of hydrogen-bond donors (Lipinski definition) is 1. The molecule has 0 radical (unpaired) electrons. The van der Waals surface area contributed by atoms with Crippen LogP contribution in [0.25, 0.3) is 10.8 Å². The zero-order valence-corrected chi connectivity index (χ0v) is 18.3. The number of alkyl halides is 4. The molecule has 0 spiro atoms. The van der Waals surface area contributed by atoms with Crippen LogP contribution >= 0.6 is 0 Å². The van der Waals surface area contributed by atoms with Gasteiger partial charge < -0.3 is 14.6 Å². The fraction of sp³-hybridized carbons (Fsp3) is 0.208. The second-order valence-corrected chi connectivity index (χ2v) is 7.67. The number of hydrogen-bond acceptors (Lipinski definition) is 5. The van der Waals surface area contributed by atoms with Crippen molar-refractivity contribution >= 4 is 34.2 Å². The van der Waals surface area contributed by atoms with Gasteiger partial charge in [0.1, 0.15) is 17.3 Å². The molecule has 1 N–H and O–H groups in total. The van der Waals surface area contributed by atoms with Crippen LogP contribution in [0, 0.1) is 5.82 Å². The maximum Gasteiger partial charge on any atom is 0.387 e. The van der Waals surface area contributed by atoms with Gasteiger partial charge in [-0.15, -0.1) is 0 Å². The predicted octanol–water partition coefficient (Wildman–Crippen LogP) is 5.56. The van der Waals surface area contributed by atoms with Crippen molar-refractivity contribution in [1.29, 1.82) is 0 Å². The van der Waals surface area contributed by atoms with Crippen molar-refractivity contribution < 1.29 is 50.9 Å². The van der Waals surface area contributed by atoms with Crippen LogP contribution in [-0.4, -0.2) is 36.1 Å². The van der Waals surface area contributed by atoms with Crippen molar-refractivity contribution in [2.24, 2.45) is 0 Å². The van der Waals surface area contributed by atoms with Crippen molar-refractivity contribution in [2.75, 3.05) is 4.90 Å². The van der Waals surface area contributed by atoms with Gasteiger partial charge in [-0.05, 0) is 24.1 Å². The van der Waals surface area contributed by atoms with E-state index in [1.165, 1.54) is 30.3 Å². The first-order valence-electron chi connectivity index (χ1n) is 10.5. The molecule has 3 aromatic rings. The summed E-state index contributed by atoms with van der Waals surface area (Å²) >= 11 is 0. The van der Waals surface area contributed by atoms with Crippen LogP contribution in [0.2, 0.25) is 0 Å². The third-order valence-corrected chi connectivity index (χ3v) is 5.69. The van der Waals surface area contributed by atoms with Gasteiger partial charge in [-0.1, -0.05) is 37.3 Å². The molecule has 1 unspecified atom stereocenters. The fourth-order valence-corrected chi connectivity index (χ4v) is 4.22. The number of imide groups is 1. The van der Waals surface area contributed by atoms with E-state index in [4.69, 9.17) is 0 Å². The summed E-state index contributed by atoms with van der Waals surface area (Å²) in [5, 5.41) is 8.89. The largest absolute Gasteiger partial charge is 0.481 e. The molecule has 12 heteroatoms. The lowest BCUT2D eigenvalue weighted by Crippen LogP contribution is -2.30. The topological polar surface area (TPSA) is 93.1 Å². The molecular formula is C24H16F5NO6. The number of aliphatic carboxylic acids is 1. The van der Waals surface area contributed by atoms with Crippen LogP contribution in [0.4, 0.5) is 27.6 Å². The quantitative estimate of drug-likeness (QED) is 0.316. The van der Waals surface area contributed by atoms with Crippen molar-refractivity contribution in [3.05, 3.63) is 65.0 Å². The Morgan fingerprint density at radius 2 is 1.42 bits per heavy atom. The highest BCUT2D eigenvalue weighted by atomic mass is 19.3. The minimum Gasteiger partial charge on any atom is -0.481 e. The van der Waals surface area contributed by atoms with Crippen LogP contribution in [0.15, 0.2) is 42.5 Å². The average Bonchev–Trinajstić information content (AvgIpc) is 3.06. The van der Waals surface area contributed by atoms with Gasteiger partial charge in [0.2, 0.25) is 0 Å². The van der Waals surface area contributed by atoms with E-state index in [1.807, 2.05) is 0 Å². The normalized spacial score (nSPS) is 14.1.